The number of allylic oxidation sites excluding steroid dienone is 2. The molecule has 156 valence electrons. The summed E-state index contributed by atoms with van der Waals surface area (Å²) in [6.07, 6.45) is 4.86. The van der Waals surface area contributed by atoms with Crippen molar-refractivity contribution in [1.82, 2.24) is 5.32 Å². The largest absolute Gasteiger partial charge is 0.481 e. The van der Waals surface area contributed by atoms with Gasteiger partial charge in [0, 0.05) is 23.8 Å². The van der Waals surface area contributed by atoms with Crippen molar-refractivity contribution in [3.63, 3.8) is 0 Å². The molecule has 0 radical (unpaired) electrons. The van der Waals surface area contributed by atoms with Gasteiger partial charge < -0.3 is 25.4 Å². The van der Waals surface area contributed by atoms with Crippen molar-refractivity contribution in [2.24, 2.45) is 11.8 Å². The zero-order valence-corrected chi connectivity index (χ0v) is 16.6. The molecule has 0 saturated heterocycles. The third-order valence-electron chi connectivity index (χ3n) is 4.99. The third kappa shape index (κ3) is 7.61. The van der Waals surface area contributed by atoms with Crippen molar-refractivity contribution >= 4 is 23.4 Å². The molecule has 28 heavy (non-hydrogen) atoms. The number of carbonyl (C=O) groups excluding carboxylic acids is 1. The van der Waals surface area contributed by atoms with Crippen LogP contribution in [0.1, 0.15) is 37.0 Å². The maximum atomic E-state index is 11.9. The van der Waals surface area contributed by atoms with Gasteiger partial charge in [-0.3, -0.25) is 4.79 Å². The maximum absolute atomic E-state index is 11.9. The van der Waals surface area contributed by atoms with E-state index in [4.69, 9.17) is 9.84 Å². The van der Waals surface area contributed by atoms with Crippen molar-refractivity contribution in [3.8, 4) is 0 Å². The number of carbonyl (C=O) groups is 2. The van der Waals surface area contributed by atoms with Gasteiger partial charge >= 0.3 is 12.1 Å². The normalized spacial score (nSPS) is 24.5. The first-order chi connectivity index (χ1) is 13.5. The van der Waals surface area contributed by atoms with Crippen LogP contribution in [0.25, 0.3) is 0 Å². The molecule has 0 aromatic carbocycles. The van der Waals surface area contributed by atoms with E-state index in [1.54, 1.807) is 11.3 Å². The molecule has 0 aliphatic heterocycles. The number of aliphatic carboxylic acids is 1. The van der Waals surface area contributed by atoms with Crippen molar-refractivity contribution in [1.29, 1.82) is 0 Å². The van der Waals surface area contributed by atoms with Crippen LogP contribution in [-0.2, 0) is 16.0 Å². The average molecular weight is 412 g/mol. The second-order valence-corrected chi connectivity index (χ2v) is 8.08. The van der Waals surface area contributed by atoms with E-state index in [-0.39, 0.29) is 31.3 Å². The molecule has 4 N–H and O–H groups in total. The molecule has 1 aliphatic rings. The molecule has 1 saturated carbocycles. The molecule has 0 spiro atoms. The number of hydrogen-bond acceptors (Lipinski definition) is 6. The summed E-state index contributed by atoms with van der Waals surface area (Å²) in [7, 11) is 0. The zero-order valence-electron chi connectivity index (χ0n) is 15.8. The van der Waals surface area contributed by atoms with Gasteiger partial charge in [-0.05, 0) is 49.5 Å². The van der Waals surface area contributed by atoms with Crippen LogP contribution in [0.3, 0.4) is 0 Å². The van der Waals surface area contributed by atoms with Crippen LogP contribution in [0.2, 0.25) is 0 Å². The van der Waals surface area contributed by atoms with Gasteiger partial charge in [-0.15, -0.1) is 11.3 Å². The van der Waals surface area contributed by atoms with E-state index < -0.39 is 24.3 Å². The van der Waals surface area contributed by atoms with Gasteiger partial charge in [-0.1, -0.05) is 18.2 Å². The number of unbranched alkanes of at least 4 members (excludes halogenated alkanes) is 1. The maximum Gasteiger partial charge on any atom is 0.407 e. The minimum atomic E-state index is -0.811. The first kappa shape index (κ1) is 22.4. The van der Waals surface area contributed by atoms with Gasteiger partial charge in [0.25, 0.3) is 0 Å². The average Bonchev–Trinajstić information content (AvgIpc) is 3.24. The summed E-state index contributed by atoms with van der Waals surface area (Å²) in [6, 6.07) is 3.97. The standard InChI is InChI=1S/C20H29NO6S/c22-17-12-18(23)16(15(17)7-3-1-2-4-8-19(24)25)13-27-20(26)21-10-9-14-6-5-11-28-14/h1,3,5-6,11,15-18,22-23H,2,4,7-10,12-13H2,(H,21,26)(H,24,25)/b3-1-/t15-,16-,17-,18-/m1/s1. The van der Waals surface area contributed by atoms with Crippen molar-refractivity contribution < 1.29 is 29.6 Å². The minimum absolute atomic E-state index is 0.0561. The molecular weight excluding hydrogens is 382 g/mol. The highest BCUT2D eigenvalue weighted by molar-refractivity contribution is 7.09. The Bertz CT molecular complexity index is 633. The number of amides is 1. The molecule has 1 amide bonds. The molecule has 7 nitrogen and oxygen atoms in total. The lowest BCUT2D eigenvalue weighted by Crippen LogP contribution is -2.32. The molecule has 1 fully saturated rings. The van der Waals surface area contributed by atoms with Gasteiger partial charge in [-0.25, -0.2) is 4.79 Å². The SMILES string of the molecule is O=C(O)CCC/C=C\C[C@@H]1[C@@H](COC(=O)NCCc2cccs2)[C@H](O)C[C@H]1O. The Kier molecular flexibility index (Phi) is 9.46. The van der Waals surface area contributed by atoms with Crippen LogP contribution in [0, 0.1) is 11.8 Å². The molecule has 1 aromatic rings. The molecule has 8 heteroatoms. The first-order valence-corrected chi connectivity index (χ1v) is 10.5. The van der Waals surface area contributed by atoms with Gasteiger partial charge in [0.15, 0.2) is 0 Å². The zero-order chi connectivity index (χ0) is 20.4. The number of aliphatic hydroxyl groups excluding tert-OH is 2. The lowest BCUT2D eigenvalue weighted by Gasteiger charge is -2.22. The van der Waals surface area contributed by atoms with Crippen LogP contribution in [0.4, 0.5) is 4.79 Å². The van der Waals surface area contributed by atoms with E-state index >= 15 is 0 Å². The van der Waals surface area contributed by atoms with Gasteiger partial charge in [0.1, 0.15) is 0 Å². The number of aliphatic hydroxyl groups is 2. The van der Waals surface area contributed by atoms with Crippen LogP contribution in [0.5, 0.6) is 0 Å². The van der Waals surface area contributed by atoms with E-state index in [9.17, 15) is 19.8 Å². The Morgan fingerprint density at radius 1 is 1.25 bits per heavy atom. The Labute approximate surface area is 169 Å². The lowest BCUT2D eigenvalue weighted by atomic mass is 9.91. The predicted molar refractivity (Wildman–Crippen MR) is 106 cm³/mol. The molecule has 1 aliphatic carbocycles. The van der Waals surface area contributed by atoms with Gasteiger partial charge in [-0.2, -0.15) is 0 Å². The first-order valence-electron chi connectivity index (χ1n) is 9.63. The summed E-state index contributed by atoms with van der Waals surface area (Å²) in [5.41, 5.74) is 0. The van der Waals surface area contributed by atoms with Crippen LogP contribution in [0.15, 0.2) is 29.7 Å². The van der Waals surface area contributed by atoms with Crippen molar-refractivity contribution in [2.75, 3.05) is 13.2 Å². The topological polar surface area (TPSA) is 116 Å². The molecule has 1 heterocycles. The van der Waals surface area contributed by atoms with Crippen molar-refractivity contribution in [3.05, 3.63) is 34.5 Å². The lowest BCUT2D eigenvalue weighted by molar-refractivity contribution is -0.137. The fourth-order valence-corrected chi connectivity index (χ4v) is 4.15. The van der Waals surface area contributed by atoms with Crippen LogP contribution in [-0.4, -0.2) is 52.7 Å². The summed E-state index contributed by atoms with van der Waals surface area (Å²) in [4.78, 5) is 23.5. The highest BCUT2D eigenvalue weighted by atomic mass is 32.1. The smallest absolute Gasteiger partial charge is 0.407 e. The summed E-state index contributed by atoms with van der Waals surface area (Å²) in [6.45, 7) is 0.540. The number of nitrogens with one attached hydrogen (secondary N) is 1. The quantitative estimate of drug-likeness (QED) is 0.329. The van der Waals surface area contributed by atoms with Crippen molar-refractivity contribution in [2.45, 2.75) is 50.7 Å². The van der Waals surface area contributed by atoms with E-state index in [0.717, 1.165) is 6.42 Å². The summed E-state index contributed by atoms with van der Waals surface area (Å²) < 4.78 is 5.26. The van der Waals surface area contributed by atoms with E-state index in [2.05, 4.69) is 5.32 Å². The molecule has 0 bridgehead atoms. The second-order valence-electron chi connectivity index (χ2n) is 7.05. The highest BCUT2D eigenvalue weighted by Gasteiger charge is 2.41. The molecule has 0 unspecified atom stereocenters. The van der Waals surface area contributed by atoms with Gasteiger partial charge in [0.2, 0.25) is 0 Å². The molecular formula is C20H29NO6S. The highest BCUT2D eigenvalue weighted by Crippen LogP contribution is 2.35. The predicted octanol–water partition coefficient (Wildman–Crippen LogP) is 2.58. The number of thiophene rings is 1. The Morgan fingerprint density at radius 2 is 2.04 bits per heavy atom. The van der Waals surface area contributed by atoms with Gasteiger partial charge in [0.05, 0.1) is 18.8 Å². The Morgan fingerprint density at radius 3 is 2.75 bits per heavy atom. The number of hydrogen-bond donors (Lipinski definition) is 4. The number of alkyl carbamates (subject to hydrolysis) is 1. The van der Waals surface area contributed by atoms with E-state index in [1.165, 1.54) is 4.88 Å². The third-order valence-corrected chi connectivity index (χ3v) is 5.92. The fourth-order valence-electron chi connectivity index (χ4n) is 3.44. The molecule has 1 aromatic heterocycles. The summed E-state index contributed by atoms with van der Waals surface area (Å²) in [5.74, 6) is -1.32. The summed E-state index contributed by atoms with van der Waals surface area (Å²) >= 11 is 1.63. The Balaban J connectivity index is 1.70. The van der Waals surface area contributed by atoms with E-state index in [0.29, 0.717) is 25.8 Å². The fraction of sp³-hybridized carbons (Fsp3) is 0.600. The summed E-state index contributed by atoms with van der Waals surface area (Å²) in [5, 5.41) is 33.7. The second kappa shape index (κ2) is 11.8. The van der Waals surface area contributed by atoms with Crippen LogP contribution < -0.4 is 5.32 Å². The van der Waals surface area contributed by atoms with Crippen LogP contribution >= 0.6 is 11.3 Å². The molecule has 2 rings (SSSR count). The Hall–Kier alpha value is -1.90. The molecule has 4 atom stereocenters. The number of carboxylic acids is 1. The number of carboxylic acid groups (broad SMARTS) is 1. The monoisotopic (exact) mass is 411 g/mol. The number of ether oxygens (including phenoxy) is 1. The van der Waals surface area contributed by atoms with E-state index in [1.807, 2.05) is 29.7 Å². The minimum Gasteiger partial charge on any atom is -0.481 e. The number of rotatable bonds is 11.